The Labute approximate surface area is 185 Å². The number of carbonyl (C=O) groups excluding carboxylic acids is 1. The second-order valence-corrected chi connectivity index (χ2v) is 8.68. The van der Waals surface area contributed by atoms with Crippen LogP contribution >= 0.6 is 46.6 Å². The van der Waals surface area contributed by atoms with E-state index in [-0.39, 0.29) is 23.7 Å². The van der Waals surface area contributed by atoms with E-state index in [0.29, 0.717) is 31.5 Å². The summed E-state index contributed by atoms with van der Waals surface area (Å²) in [5.74, 6) is 0.134. The minimum absolute atomic E-state index is 0.127. The maximum atomic E-state index is 12.9. The van der Waals surface area contributed by atoms with Crippen molar-refractivity contribution < 1.29 is 4.79 Å². The van der Waals surface area contributed by atoms with Crippen LogP contribution in [0.1, 0.15) is 29.0 Å². The first-order valence-corrected chi connectivity index (χ1v) is 10.8. The zero-order chi connectivity index (χ0) is 20.5. The number of nitrogens with one attached hydrogen (secondary N) is 2. The fourth-order valence-electron chi connectivity index (χ4n) is 3.19. The van der Waals surface area contributed by atoms with E-state index in [9.17, 15) is 9.59 Å². The molecule has 3 aromatic rings. The van der Waals surface area contributed by atoms with Gasteiger partial charge in [0.2, 0.25) is 5.91 Å². The van der Waals surface area contributed by atoms with Gasteiger partial charge in [-0.25, -0.2) is 4.98 Å². The highest BCUT2D eigenvalue weighted by Crippen LogP contribution is 2.37. The Hall–Kier alpha value is -1.99. The van der Waals surface area contributed by atoms with Crippen molar-refractivity contribution in [3.63, 3.8) is 0 Å². The lowest BCUT2D eigenvalue weighted by molar-refractivity contribution is -0.116. The van der Waals surface area contributed by atoms with Crippen molar-refractivity contribution in [3.05, 3.63) is 84.6 Å². The Morgan fingerprint density at radius 1 is 1.03 bits per heavy atom. The van der Waals surface area contributed by atoms with Crippen LogP contribution in [0.5, 0.6) is 0 Å². The molecule has 0 fully saturated rings. The van der Waals surface area contributed by atoms with Crippen molar-refractivity contribution in [2.24, 2.45) is 0 Å². The number of benzene rings is 2. The van der Waals surface area contributed by atoms with Gasteiger partial charge in [0, 0.05) is 23.1 Å². The molecule has 29 heavy (non-hydrogen) atoms. The maximum Gasteiger partial charge on any atom is 0.257 e. The van der Waals surface area contributed by atoms with Crippen LogP contribution in [0, 0.1) is 0 Å². The van der Waals surface area contributed by atoms with Crippen LogP contribution in [0.25, 0.3) is 0 Å². The number of fused-ring (bicyclic) bond motifs is 1. The molecule has 0 bridgehead atoms. The summed E-state index contributed by atoms with van der Waals surface area (Å²) in [6.45, 7) is 0. The summed E-state index contributed by atoms with van der Waals surface area (Å²) < 4.78 is 0. The molecule has 2 heterocycles. The minimum atomic E-state index is -0.451. The van der Waals surface area contributed by atoms with Gasteiger partial charge in [0.25, 0.3) is 5.56 Å². The van der Waals surface area contributed by atoms with Crippen LogP contribution in [0.3, 0.4) is 0 Å². The van der Waals surface area contributed by atoms with Crippen LogP contribution in [0.4, 0.5) is 5.82 Å². The predicted octanol–water partition coefficient (Wildman–Crippen LogP) is 5.50. The highest BCUT2D eigenvalue weighted by Gasteiger charge is 2.31. The van der Waals surface area contributed by atoms with Crippen LogP contribution in [-0.4, -0.2) is 15.9 Å². The summed E-state index contributed by atoms with van der Waals surface area (Å²) in [6.07, 6.45) is 0.127. The molecule has 5 nitrogen and oxygen atoms in total. The molecule has 1 aliphatic rings. The third kappa shape index (κ3) is 4.31. The number of rotatable bonds is 4. The Kier molecular flexibility index (Phi) is 5.88. The van der Waals surface area contributed by atoms with Gasteiger partial charge >= 0.3 is 0 Å². The average Bonchev–Trinajstić information content (AvgIpc) is 2.68. The zero-order valence-electron chi connectivity index (χ0n) is 14.8. The number of nitrogens with zero attached hydrogens (tertiary/aromatic N) is 1. The predicted molar refractivity (Wildman–Crippen MR) is 117 cm³/mol. The van der Waals surface area contributed by atoms with Gasteiger partial charge in [-0.3, -0.25) is 9.59 Å². The van der Waals surface area contributed by atoms with Crippen molar-refractivity contribution >= 4 is 58.3 Å². The number of aromatic amines is 1. The van der Waals surface area contributed by atoms with Crippen LogP contribution < -0.4 is 10.9 Å². The zero-order valence-corrected chi connectivity index (χ0v) is 17.9. The maximum absolute atomic E-state index is 12.9. The third-order valence-electron chi connectivity index (χ3n) is 4.60. The number of hydrogen-bond acceptors (Lipinski definition) is 4. The summed E-state index contributed by atoms with van der Waals surface area (Å²) in [6, 6.07) is 12.6. The lowest BCUT2D eigenvalue weighted by Gasteiger charge is -2.24. The first kappa shape index (κ1) is 20.3. The van der Waals surface area contributed by atoms with Crippen molar-refractivity contribution in [1.82, 2.24) is 9.97 Å². The average molecular weight is 467 g/mol. The van der Waals surface area contributed by atoms with Crippen LogP contribution in [0.2, 0.25) is 15.1 Å². The largest absolute Gasteiger partial charge is 0.310 e. The molecule has 1 aliphatic heterocycles. The molecule has 0 aliphatic carbocycles. The molecule has 0 radical (unpaired) electrons. The topological polar surface area (TPSA) is 74.8 Å². The molecular weight excluding hydrogens is 453 g/mol. The fourth-order valence-corrected chi connectivity index (χ4v) is 4.65. The Balaban J connectivity index is 1.67. The fraction of sp³-hybridized carbons (Fsp3) is 0.150. The first-order valence-electron chi connectivity index (χ1n) is 8.67. The van der Waals surface area contributed by atoms with Gasteiger partial charge in [-0.1, -0.05) is 70.8 Å². The van der Waals surface area contributed by atoms with E-state index in [1.165, 1.54) is 11.8 Å². The van der Waals surface area contributed by atoms with Crippen molar-refractivity contribution in [2.45, 2.75) is 23.2 Å². The molecular formula is C20H14Cl3N3O2S. The molecule has 0 saturated heterocycles. The van der Waals surface area contributed by atoms with Crippen molar-refractivity contribution in [2.75, 3.05) is 5.32 Å². The number of H-pyrrole nitrogens is 1. The van der Waals surface area contributed by atoms with Crippen LogP contribution in [0.15, 0.2) is 52.4 Å². The molecule has 148 valence electrons. The number of hydrogen-bond donors (Lipinski definition) is 2. The summed E-state index contributed by atoms with van der Waals surface area (Å²) in [7, 11) is 0. The van der Waals surface area contributed by atoms with Crippen molar-refractivity contribution in [1.29, 1.82) is 0 Å². The van der Waals surface area contributed by atoms with Gasteiger partial charge < -0.3 is 10.3 Å². The van der Waals surface area contributed by atoms with Gasteiger partial charge in [0.15, 0.2) is 5.16 Å². The van der Waals surface area contributed by atoms with E-state index in [1.54, 1.807) is 18.2 Å². The Bertz CT molecular complexity index is 1170. The minimum Gasteiger partial charge on any atom is -0.310 e. The second-order valence-electron chi connectivity index (χ2n) is 6.49. The quantitative estimate of drug-likeness (QED) is 0.393. The second kappa shape index (κ2) is 8.40. The monoisotopic (exact) mass is 465 g/mol. The van der Waals surface area contributed by atoms with Gasteiger partial charge in [-0.15, -0.1) is 0 Å². The molecule has 1 aromatic heterocycles. The van der Waals surface area contributed by atoms with E-state index in [2.05, 4.69) is 15.3 Å². The Morgan fingerprint density at radius 2 is 1.83 bits per heavy atom. The molecule has 9 heteroatoms. The Morgan fingerprint density at radius 3 is 2.59 bits per heavy atom. The van der Waals surface area contributed by atoms with E-state index in [4.69, 9.17) is 34.8 Å². The number of carbonyl (C=O) groups is 1. The molecule has 2 N–H and O–H groups in total. The molecule has 1 unspecified atom stereocenters. The van der Waals surface area contributed by atoms with Gasteiger partial charge in [0.1, 0.15) is 5.82 Å². The standard InChI is InChI=1S/C20H14Cl3N3O2S/c21-13-4-2-1-3-11(13)9-29-20-25-18-17(19(28)26-20)12(8-16(27)24-18)10-5-6-14(22)15(23)7-10/h1-7,12H,8-9H2,(H2,24,25,26,27,28). The lowest BCUT2D eigenvalue weighted by atomic mass is 9.87. The van der Waals surface area contributed by atoms with Gasteiger partial charge in [-0.2, -0.15) is 0 Å². The summed E-state index contributed by atoms with van der Waals surface area (Å²) in [5.41, 5.74) is 1.77. The molecule has 1 atom stereocenters. The van der Waals surface area contributed by atoms with E-state index >= 15 is 0 Å². The lowest BCUT2D eigenvalue weighted by Crippen LogP contribution is -2.31. The smallest absolute Gasteiger partial charge is 0.257 e. The van der Waals surface area contributed by atoms with Crippen LogP contribution in [-0.2, 0) is 10.5 Å². The molecule has 0 saturated carbocycles. The first-order chi connectivity index (χ1) is 13.9. The third-order valence-corrected chi connectivity index (χ3v) is 6.63. The number of aromatic nitrogens is 2. The molecule has 1 amide bonds. The number of halogens is 3. The van der Waals surface area contributed by atoms with Gasteiger partial charge in [-0.05, 0) is 29.3 Å². The molecule has 4 rings (SSSR count). The molecule has 2 aromatic carbocycles. The highest BCUT2D eigenvalue weighted by molar-refractivity contribution is 7.98. The number of thioether (sulfide) groups is 1. The van der Waals surface area contributed by atoms with E-state index < -0.39 is 5.92 Å². The normalized spacial score (nSPS) is 15.7. The summed E-state index contributed by atoms with van der Waals surface area (Å²) >= 11 is 19.6. The highest BCUT2D eigenvalue weighted by atomic mass is 35.5. The SMILES string of the molecule is O=C1CC(c2ccc(Cl)c(Cl)c2)c2c(nc(SCc3ccccc3Cl)[nH]c2=O)N1. The van der Waals surface area contributed by atoms with Crippen molar-refractivity contribution in [3.8, 4) is 0 Å². The number of anilines is 1. The summed E-state index contributed by atoms with van der Waals surface area (Å²) in [4.78, 5) is 32.4. The molecule has 0 spiro atoms. The van der Waals surface area contributed by atoms with E-state index in [1.807, 2.05) is 24.3 Å². The summed E-state index contributed by atoms with van der Waals surface area (Å²) in [5, 5.41) is 4.54. The number of amides is 1. The van der Waals surface area contributed by atoms with E-state index in [0.717, 1.165) is 11.1 Å². The van der Waals surface area contributed by atoms with Gasteiger partial charge in [0.05, 0.1) is 15.6 Å².